The first-order chi connectivity index (χ1) is 40.7. The molecule has 0 aliphatic rings. The first-order valence-electron chi connectivity index (χ1n) is 36.1. The van der Waals surface area contributed by atoms with Crippen LogP contribution in [-0.2, 0) is 4.79 Å². The zero-order valence-corrected chi connectivity index (χ0v) is 54.7. The van der Waals surface area contributed by atoms with Crippen molar-refractivity contribution in [1.82, 2.24) is 5.32 Å². The lowest BCUT2D eigenvalue weighted by atomic mass is 10.0. The van der Waals surface area contributed by atoms with Crippen LogP contribution in [0.25, 0.3) is 0 Å². The van der Waals surface area contributed by atoms with Crippen molar-refractivity contribution in [1.29, 1.82) is 0 Å². The minimum Gasteiger partial charge on any atom is -0.394 e. The predicted octanol–water partition coefficient (Wildman–Crippen LogP) is 24.9. The lowest BCUT2D eigenvalue weighted by molar-refractivity contribution is -0.123. The second-order valence-corrected chi connectivity index (χ2v) is 24.3. The largest absolute Gasteiger partial charge is 0.394 e. The van der Waals surface area contributed by atoms with E-state index < -0.39 is 12.1 Å². The van der Waals surface area contributed by atoms with Gasteiger partial charge >= 0.3 is 0 Å². The van der Waals surface area contributed by atoms with E-state index in [0.29, 0.717) is 6.42 Å². The Balaban J connectivity index is 3.49. The lowest BCUT2D eigenvalue weighted by Crippen LogP contribution is -2.45. The highest BCUT2D eigenvalue weighted by molar-refractivity contribution is 5.76. The second-order valence-electron chi connectivity index (χ2n) is 24.3. The Morgan fingerprint density at radius 3 is 0.805 bits per heavy atom. The number of carbonyl (C=O) groups is 1. The highest BCUT2D eigenvalue weighted by atomic mass is 16.3. The van der Waals surface area contributed by atoms with E-state index in [4.69, 9.17) is 0 Å². The van der Waals surface area contributed by atoms with Crippen LogP contribution in [0.1, 0.15) is 361 Å². The molecule has 0 heterocycles. The van der Waals surface area contributed by atoms with Crippen molar-refractivity contribution in [2.75, 3.05) is 6.61 Å². The number of amides is 1. The molecule has 0 fully saturated rings. The molecule has 4 heteroatoms. The summed E-state index contributed by atoms with van der Waals surface area (Å²) in [5.41, 5.74) is 0. The van der Waals surface area contributed by atoms with Crippen LogP contribution >= 0.6 is 0 Å². The van der Waals surface area contributed by atoms with E-state index in [9.17, 15) is 15.0 Å². The summed E-state index contributed by atoms with van der Waals surface area (Å²) in [4.78, 5) is 12.6. The van der Waals surface area contributed by atoms with Crippen molar-refractivity contribution in [3.8, 4) is 0 Å². The Labute approximate surface area is 512 Å². The van der Waals surface area contributed by atoms with Crippen molar-refractivity contribution < 1.29 is 15.0 Å². The number of unbranched alkanes of at least 4 members (excludes halogenated alkanes) is 43. The predicted molar refractivity (Wildman–Crippen MR) is 368 cm³/mol. The molecule has 3 N–H and O–H groups in total. The van der Waals surface area contributed by atoms with Gasteiger partial charge in [-0.1, -0.05) is 380 Å². The van der Waals surface area contributed by atoms with Gasteiger partial charge in [0.25, 0.3) is 0 Å². The van der Waals surface area contributed by atoms with E-state index in [1.54, 1.807) is 6.08 Å². The molecule has 0 aromatic carbocycles. The molecule has 474 valence electrons. The van der Waals surface area contributed by atoms with Gasteiger partial charge in [0.2, 0.25) is 5.91 Å². The van der Waals surface area contributed by atoms with Gasteiger partial charge in [-0.2, -0.15) is 0 Å². The average Bonchev–Trinajstić information content (AvgIpc) is 3.50. The van der Waals surface area contributed by atoms with Gasteiger partial charge in [0, 0.05) is 6.42 Å². The van der Waals surface area contributed by atoms with Crippen LogP contribution in [0.5, 0.6) is 0 Å². The first kappa shape index (κ1) is 79.0. The smallest absolute Gasteiger partial charge is 0.220 e. The van der Waals surface area contributed by atoms with Gasteiger partial charge in [0.1, 0.15) is 0 Å². The third kappa shape index (κ3) is 67.8. The fraction of sp³-hybridized carbons (Fsp3) is 0.756. The maximum absolute atomic E-state index is 12.6. The molecule has 4 nitrogen and oxygen atoms in total. The van der Waals surface area contributed by atoms with Crippen LogP contribution in [0.3, 0.4) is 0 Å². The summed E-state index contributed by atoms with van der Waals surface area (Å²) in [5, 5.41) is 23.3. The van der Waals surface area contributed by atoms with Gasteiger partial charge in [-0.3, -0.25) is 4.79 Å². The molecule has 0 saturated carbocycles. The summed E-state index contributed by atoms with van der Waals surface area (Å²) < 4.78 is 0. The molecular formula is C78H139NO3. The molecular weight excluding hydrogens is 999 g/mol. The molecule has 0 aliphatic carbocycles. The number of carbonyl (C=O) groups excluding carboxylic acids is 1. The first-order valence-corrected chi connectivity index (χ1v) is 36.1. The third-order valence-corrected chi connectivity index (χ3v) is 16.3. The fourth-order valence-corrected chi connectivity index (χ4v) is 10.8. The number of hydrogen-bond acceptors (Lipinski definition) is 3. The molecule has 2 atom stereocenters. The third-order valence-electron chi connectivity index (χ3n) is 16.3. The maximum Gasteiger partial charge on any atom is 0.220 e. The van der Waals surface area contributed by atoms with Gasteiger partial charge in [-0.15, -0.1) is 0 Å². The minimum atomic E-state index is -0.846. The average molecular weight is 1140 g/mol. The molecule has 2 unspecified atom stereocenters. The topological polar surface area (TPSA) is 69.6 Å². The molecule has 0 aromatic rings. The van der Waals surface area contributed by atoms with Gasteiger partial charge in [0.05, 0.1) is 18.8 Å². The Morgan fingerprint density at radius 2 is 0.537 bits per heavy atom. The van der Waals surface area contributed by atoms with E-state index in [-0.39, 0.29) is 12.5 Å². The number of nitrogens with one attached hydrogen (secondary N) is 1. The van der Waals surface area contributed by atoms with E-state index in [1.165, 1.54) is 263 Å². The monoisotopic (exact) mass is 1140 g/mol. The van der Waals surface area contributed by atoms with Gasteiger partial charge in [0.15, 0.2) is 0 Å². The van der Waals surface area contributed by atoms with Crippen LogP contribution in [-0.4, -0.2) is 34.9 Å². The summed E-state index contributed by atoms with van der Waals surface area (Å²) in [6, 6.07) is -0.629. The van der Waals surface area contributed by atoms with Crippen LogP contribution in [0, 0.1) is 0 Å². The Morgan fingerprint density at radius 1 is 0.305 bits per heavy atom. The Bertz CT molecular complexity index is 1530. The van der Waals surface area contributed by atoms with Crippen molar-refractivity contribution in [2.24, 2.45) is 0 Å². The number of allylic oxidation sites excluding steroid dienone is 17. The molecule has 0 bridgehead atoms. The van der Waals surface area contributed by atoms with Gasteiger partial charge < -0.3 is 15.5 Å². The van der Waals surface area contributed by atoms with E-state index in [1.807, 2.05) is 6.08 Å². The SMILES string of the molecule is CC/C=C\C/C=C\C/C=C\C/C=C\C/C=C\C/C=C\C/C=C\C/C=C\CCCCCCCCCCCCCCCCCCC(=O)NC(CO)C(O)/C=C/CCCCCCCCCCCCCCCCCCCCCCCCCCCCC. The summed E-state index contributed by atoms with van der Waals surface area (Å²) in [7, 11) is 0. The molecule has 0 aliphatic heterocycles. The quantitative estimate of drug-likeness (QED) is 0.0420. The van der Waals surface area contributed by atoms with Crippen LogP contribution in [0.4, 0.5) is 0 Å². The zero-order chi connectivity index (χ0) is 59.1. The zero-order valence-electron chi connectivity index (χ0n) is 54.7. The van der Waals surface area contributed by atoms with Crippen LogP contribution < -0.4 is 5.32 Å². The number of aliphatic hydroxyl groups is 2. The maximum atomic E-state index is 12.6. The second kappa shape index (κ2) is 72.3. The normalized spacial score (nSPS) is 13.4. The molecule has 0 radical (unpaired) electrons. The fourth-order valence-electron chi connectivity index (χ4n) is 10.8. The van der Waals surface area contributed by atoms with Crippen LogP contribution in [0.2, 0.25) is 0 Å². The van der Waals surface area contributed by atoms with E-state index >= 15 is 0 Å². The molecule has 1 amide bonds. The van der Waals surface area contributed by atoms with Gasteiger partial charge in [-0.25, -0.2) is 0 Å². The summed E-state index contributed by atoms with van der Waals surface area (Å²) in [5.74, 6) is -0.0618. The van der Waals surface area contributed by atoms with Crippen molar-refractivity contribution in [3.05, 3.63) is 109 Å². The van der Waals surface area contributed by atoms with Crippen LogP contribution in [0.15, 0.2) is 109 Å². The van der Waals surface area contributed by atoms with Crippen molar-refractivity contribution in [2.45, 2.75) is 373 Å². The Hall–Kier alpha value is -2.95. The standard InChI is InChI=1S/C78H139NO3/c1-3-5-7-9-11-13-15-17-19-21-23-25-27-29-31-33-34-35-36-37-38-39-40-41-42-43-44-46-48-50-52-54-56-58-60-62-64-66-68-70-72-74-78(82)79-76(75-80)77(81)73-71-69-67-65-63-61-59-57-55-53-51-49-47-45-32-30-28-26-24-22-20-18-16-14-12-10-8-6-4-2/h5,7,11,13,17,19,23,25,29,31,34-35,37-38,40-41,71,73,76-77,80-81H,3-4,6,8-10,12,14-16,18,20-22,24,26-28,30,32-33,36,39,42-70,72,74-75H2,1-2H3,(H,79,82)/b7-5-,13-11-,19-17-,25-23-,31-29-,35-34-,38-37-,41-40-,73-71+. The number of rotatable bonds is 66. The van der Waals surface area contributed by atoms with Gasteiger partial charge in [-0.05, 0) is 83.5 Å². The molecule has 82 heavy (non-hydrogen) atoms. The lowest BCUT2D eigenvalue weighted by Gasteiger charge is -2.20. The summed E-state index contributed by atoms with van der Waals surface area (Å²) >= 11 is 0. The molecule has 0 aromatic heterocycles. The van der Waals surface area contributed by atoms with Crippen molar-refractivity contribution >= 4 is 5.91 Å². The number of aliphatic hydroxyl groups excluding tert-OH is 2. The highest BCUT2D eigenvalue weighted by Crippen LogP contribution is 2.18. The van der Waals surface area contributed by atoms with E-state index in [2.05, 4.69) is 116 Å². The minimum absolute atomic E-state index is 0.0618. The molecule has 0 rings (SSSR count). The summed E-state index contributed by atoms with van der Waals surface area (Å²) in [6.45, 7) is 4.22. The number of hydrogen-bond donors (Lipinski definition) is 3. The highest BCUT2D eigenvalue weighted by Gasteiger charge is 2.18. The van der Waals surface area contributed by atoms with E-state index in [0.717, 1.165) is 77.0 Å². The summed E-state index contributed by atoms with van der Waals surface area (Å²) in [6.07, 6.45) is 109. The van der Waals surface area contributed by atoms with Crippen molar-refractivity contribution in [3.63, 3.8) is 0 Å². The molecule has 0 saturated heterocycles. The Kier molecular flexibility index (Phi) is 69.7. The molecule has 0 spiro atoms.